The maximum Gasteiger partial charge on any atom is 0.343 e. The van der Waals surface area contributed by atoms with Crippen molar-refractivity contribution in [1.29, 1.82) is 0 Å². The third-order valence-electron chi connectivity index (χ3n) is 6.95. The van der Waals surface area contributed by atoms with E-state index >= 15 is 0 Å². The Morgan fingerprint density at radius 3 is 2.57 bits per heavy atom. The van der Waals surface area contributed by atoms with Crippen molar-refractivity contribution in [3.8, 4) is 0 Å². The molecule has 30 heavy (non-hydrogen) atoms. The van der Waals surface area contributed by atoms with Crippen molar-refractivity contribution in [3.63, 3.8) is 0 Å². The third-order valence-corrected chi connectivity index (χ3v) is 6.95. The van der Waals surface area contributed by atoms with Crippen LogP contribution in [0.5, 0.6) is 0 Å². The van der Waals surface area contributed by atoms with E-state index in [1.54, 1.807) is 6.08 Å². The average Bonchev–Trinajstić information content (AvgIpc) is 2.94. The van der Waals surface area contributed by atoms with Gasteiger partial charge in [-0.25, -0.2) is 9.59 Å². The number of hydrogen-bond donors (Lipinski definition) is 2. The van der Waals surface area contributed by atoms with E-state index in [2.05, 4.69) is 13.8 Å². The minimum atomic E-state index is -1.70. The summed E-state index contributed by atoms with van der Waals surface area (Å²) in [5.41, 5.74) is -2.33. The van der Waals surface area contributed by atoms with Crippen LogP contribution in [0.15, 0.2) is 36.0 Å². The topological polar surface area (TPSA) is 110 Å². The Morgan fingerprint density at radius 1 is 1.23 bits per heavy atom. The molecule has 164 valence electrons. The van der Waals surface area contributed by atoms with Gasteiger partial charge in [0, 0.05) is 23.0 Å². The molecule has 0 amide bonds. The van der Waals surface area contributed by atoms with Gasteiger partial charge in [-0.15, -0.1) is 0 Å². The molecule has 1 heterocycles. The number of aliphatic hydroxyl groups excluding tert-OH is 1. The Hall–Kier alpha value is -2.25. The van der Waals surface area contributed by atoms with Crippen LogP contribution in [-0.4, -0.2) is 52.4 Å². The van der Waals surface area contributed by atoms with Crippen molar-refractivity contribution in [3.05, 3.63) is 36.0 Å². The van der Waals surface area contributed by atoms with E-state index in [9.17, 15) is 19.5 Å². The van der Waals surface area contributed by atoms with Gasteiger partial charge in [0.05, 0.1) is 0 Å². The van der Waals surface area contributed by atoms with Crippen LogP contribution >= 0.6 is 0 Å². The normalized spacial score (nSPS) is 36.1. The number of rotatable bonds is 5. The Kier molecular flexibility index (Phi) is 5.82. The van der Waals surface area contributed by atoms with Gasteiger partial charge in [0.2, 0.25) is 0 Å². The second kappa shape index (κ2) is 7.78. The first-order chi connectivity index (χ1) is 13.9. The number of cyclic esters (lactones) is 1. The average molecular weight is 418 g/mol. The molecule has 0 aromatic heterocycles. The first kappa shape index (κ1) is 22.4. The monoisotopic (exact) mass is 418 g/mol. The molecule has 7 heteroatoms. The van der Waals surface area contributed by atoms with Gasteiger partial charge in [-0.1, -0.05) is 39.3 Å². The fourth-order valence-corrected chi connectivity index (χ4v) is 5.54. The fourth-order valence-electron chi connectivity index (χ4n) is 5.54. The van der Waals surface area contributed by atoms with E-state index in [0.717, 1.165) is 12.8 Å². The lowest BCUT2D eigenvalue weighted by Crippen LogP contribution is -2.65. The summed E-state index contributed by atoms with van der Waals surface area (Å²) in [4.78, 5) is 36.3. The van der Waals surface area contributed by atoms with Crippen LogP contribution in [0.3, 0.4) is 0 Å². The van der Waals surface area contributed by atoms with Gasteiger partial charge >= 0.3 is 11.9 Å². The standard InChI is InChI=1S/C23H30O7/c1-14(24)16(25)8-5-6-9-18(26)30-17-12-15-13-29-20(27)23(15,28)22(4)11-7-10-21(2,3)19(17)22/h5-6,8-9,12,14,17,19,24,28H,7,10-11,13H2,1-4H3/t14-,17-,19+,22+,23+/m1/s1. The molecule has 2 N–H and O–H groups in total. The van der Waals surface area contributed by atoms with Crippen LogP contribution < -0.4 is 0 Å². The highest BCUT2D eigenvalue weighted by atomic mass is 16.6. The quantitative estimate of drug-likeness (QED) is 0.304. The van der Waals surface area contributed by atoms with Crippen molar-refractivity contribution < 1.29 is 34.1 Å². The minimum absolute atomic E-state index is 0.00778. The Labute approximate surface area is 176 Å². The molecule has 5 atom stereocenters. The van der Waals surface area contributed by atoms with Gasteiger partial charge in [0.1, 0.15) is 18.8 Å². The Balaban J connectivity index is 1.87. The smallest absolute Gasteiger partial charge is 0.343 e. The van der Waals surface area contributed by atoms with Gasteiger partial charge in [0.25, 0.3) is 0 Å². The second-order valence-electron chi connectivity index (χ2n) is 9.41. The van der Waals surface area contributed by atoms with Crippen molar-refractivity contribution in [1.82, 2.24) is 0 Å². The van der Waals surface area contributed by atoms with E-state index in [1.807, 2.05) is 6.92 Å². The van der Waals surface area contributed by atoms with Crippen LogP contribution in [-0.2, 0) is 23.9 Å². The number of hydrogen-bond acceptors (Lipinski definition) is 7. The zero-order valence-corrected chi connectivity index (χ0v) is 17.9. The molecule has 3 rings (SSSR count). The summed E-state index contributed by atoms with van der Waals surface area (Å²) in [6, 6.07) is 0. The minimum Gasteiger partial charge on any atom is -0.459 e. The molecule has 1 saturated carbocycles. The first-order valence-electron chi connectivity index (χ1n) is 10.3. The maximum atomic E-state index is 12.5. The number of ketones is 1. The largest absolute Gasteiger partial charge is 0.459 e. The summed E-state index contributed by atoms with van der Waals surface area (Å²) in [6.07, 6.45) is 7.44. The Morgan fingerprint density at radius 2 is 1.90 bits per heavy atom. The summed E-state index contributed by atoms with van der Waals surface area (Å²) >= 11 is 0. The number of carbonyl (C=O) groups is 3. The molecule has 3 aliphatic rings. The molecule has 1 aliphatic heterocycles. The number of esters is 2. The van der Waals surface area contributed by atoms with E-state index < -0.39 is 40.9 Å². The number of allylic oxidation sites excluding steroid dienone is 2. The van der Waals surface area contributed by atoms with Gasteiger partial charge in [-0.05, 0) is 37.3 Å². The molecule has 1 saturated heterocycles. The SMILES string of the molecule is C[C@@H](O)C(=O)C=CC=CC(=O)O[C@@H]1C=C2COC(=O)[C@]2(O)[C@@]2(C)CCCC(C)(C)[C@H]12. The zero-order chi connectivity index (χ0) is 22.3. The molecular weight excluding hydrogens is 388 g/mol. The van der Waals surface area contributed by atoms with Crippen LogP contribution in [0.2, 0.25) is 0 Å². The summed E-state index contributed by atoms with van der Waals surface area (Å²) < 4.78 is 10.9. The highest BCUT2D eigenvalue weighted by Crippen LogP contribution is 2.63. The van der Waals surface area contributed by atoms with Crippen LogP contribution in [0, 0.1) is 16.7 Å². The number of fused-ring (bicyclic) bond motifs is 3. The number of aliphatic hydroxyl groups is 2. The van der Waals surface area contributed by atoms with Crippen molar-refractivity contribution >= 4 is 17.7 Å². The van der Waals surface area contributed by atoms with E-state index in [1.165, 1.54) is 31.2 Å². The number of ether oxygens (including phenoxy) is 2. The predicted octanol–water partition coefficient (Wildman–Crippen LogP) is 2.02. The lowest BCUT2D eigenvalue weighted by molar-refractivity contribution is -0.194. The molecule has 0 spiro atoms. The number of carbonyl (C=O) groups excluding carboxylic acids is 3. The Bertz CT molecular complexity index is 834. The predicted molar refractivity (Wildman–Crippen MR) is 108 cm³/mol. The molecular formula is C23H30O7. The summed E-state index contributed by atoms with van der Waals surface area (Å²) in [5.74, 6) is -1.96. The van der Waals surface area contributed by atoms with Crippen molar-refractivity contribution in [2.24, 2.45) is 16.7 Å². The maximum absolute atomic E-state index is 12.5. The van der Waals surface area contributed by atoms with Crippen LogP contribution in [0.25, 0.3) is 0 Å². The first-order valence-corrected chi connectivity index (χ1v) is 10.3. The van der Waals surface area contributed by atoms with E-state index in [0.29, 0.717) is 12.0 Å². The lowest BCUT2D eigenvalue weighted by Gasteiger charge is -2.59. The molecule has 2 aliphatic carbocycles. The molecule has 0 aromatic carbocycles. The van der Waals surface area contributed by atoms with E-state index in [-0.39, 0.29) is 17.9 Å². The highest BCUT2D eigenvalue weighted by molar-refractivity contribution is 5.93. The summed E-state index contributed by atoms with van der Waals surface area (Å²) in [6.45, 7) is 7.38. The third kappa shape index (κ3) is 3.54. The van der Waals surface area contributed by atoms with Crippen LogP contribution in [0.1, 0.15) is 47.0 Å². The highest BCUT2D eigenvalue weighted by Gasteiger charge is 2.69. The zero-order valence-electron chi connectivity index (χ0n) is 17.9. The molecule has 0 radical (unpaired) electrons. The second-order valence-corrected chi connectivity index (χ2v) is 9.41. The van der Waals surface area contributed by atoms with Crippen LogP contribution in [0.4, 0.5) is 0 Å². The van der Waals surface area contributed by atoms with Crippen molar-refractivity contribution in [2.75, 3.05) is 6.61 Å². The molecule has 0 unspecified atom stereocenters. The summed E-state index contributed by atoms with van der Waals surface area (Å²) in [5, 5.41) is 20.6. The molecule has 7 nitrogen and oxygen atoms in total. The van der Waals surface area contributed by atoms with E-state index in [4.69, 9.17) is 14.6 Å². The van der Waals surface area contributed by atoms with Gasteiger partial charge in [-0.3, -0.25) is 4.79 Å². The van der Waals surface area contributed by atoms with Gasteiger partial charge < -0.3 is 19.7 Å². The molecule has 0 aromatic rings. The summed E-state index contributed by atoms with van der Waals surface area (Å²) in [7, 11) is 0. The molecule has 2 fully saturated rings. The van der Waals surface area contributed by atoms with Crippen molar-refractivity contribution in [2.45, 2.75) is 64.8 Å². The lowest BCUT2D eigenvalue weighted by atomic mass is 9.46. The van der Waals surface area contributed by atoms with Gasteiger partial charge in [0.15, 0.2) is 11.4 Å². The molecule has 0 bridgehead atoms. The fraction of sp³-hybridized carbons (Fsp3) is 0.609. The van der Waals surface area contributed by atoms with Gasteiger partial charge in [-0.2, -0.15) is 0 Å².